The minimum absolute atomic E-state index is 0.171. The molecular weight excluding hydrogens is 262 g/mol. The van der Waals surface area contributed by atoms with Crippen LogP contribution in [0.2, 0.25) is 0 Å². The number of benzene rings is 1. The molecule has 0 aromatic heterocycles. The van der Waals surface area contributed by atoms with Crippen LogP contribution in [0.4, 0.5) is 5.69 Å². The maximum Gasteiger partial charge on any atom is 0.277 e. The number of nitrogens with two attached hydrogens (primary N) is 1. The molecule has 0 bridgehead atoms. The Morgan fingerprint density at radius 1 is 1.32 bits per heavy atom. The molecule has 1 atom stereocenters. The summed E-state index contributed by atoms with van der Waals surface area (Å²) in [5, 5.41) is 0. The normalized spacial score (nSPS) is 19.4. The molecule has 19 heavy (non-hydrogen) atoms. The summed E-state index contributed by atoms with van der Waals surface area (Å²) in [4.78, 5) is 0. The highest BCUT2D eigenvalue weighted by molar-refractivity contribution is 7.87. The lowest BCUT2D eigenvalue weighted by Gasteiger charge is -2.23. The van der Waals surface area contributed by atoms with E-state index in [1.165, 1.54) is 0 Å². The van der Waals surface area contributed by atoms with Crippen LogP contribution in [0, 0.1) is 0 Å². The van der Waals surface area contributed by atoms with Crippen LogP contribution in [-0.2, 0) is 16.6 Å². The molecule has 0 fully saturated rings. The number of anilines is 1. The first kappa shape index (κ1) is 14.3. The van der Waals surface area contributed by atoms with Crippen molar-refractivity contribution in [3.05, 3.63) is 29.3 Å². The van der Waals surface area contributed by atoms with E-state index in [2.05, 4.69) is 9.44 Å². The van der Waals surface area contributed by atoms with Crippen LogP contribution in [0.1, 0.15) is 44.4 Å². The van der Waals surface area contributed by atoms with Gasteiger partial charge in [-0.3, -0.25) is 0 Å². The molecule has 4 N–H and O–H groups in total. The Balaban J connectivity index is 2.15. The second-order valence-corrected chi connectivity index (χ2v) is 7.47. The van der Waals surface area contributed by atoms with E-state index < -0.39 is 15.7 Å². The van der Waals surface area contributed by atoms with Gasteiger partial charge >= 0.3 is 0 Å². The average Bonchev–Trinajstić information content (AvgIpc) is 2.56. The van der Waals surface area contributed by atoms with Gasteiger partial charge in [-0.15, -0.1) is 0 Å². The minimum Gasteiger partial charge on any atom is -0.399 e. The summed E-state index contributed by atoms with van der Waals surface area (Å²) in [5.74, 6) is 0. The van der Waals surface area contributed by atoms with Crippen molar-refractivity contribution in [3.8, 4) is 0 Å². The third kappa shape index (κ3) is 3.68. The fourth-order valence-corrected chi connectivity index (χ4v) is 3.86. The van der Waals surface area contributed by atoms with E-state index in [9.17, 15) is 8.42 Å². The van der Waals surface area contributed by atoms with Gasteiger partial charge in [0, 0.05) is 17.3 Å². The van der Waals surface area contributed by atoms with Gasteiger partial charge in [0.1, 0.15) is 0 Å². The van der Waals surface area contributed by atoms with Crippen molar-refractivity contribution < 1.29 is 8.42 Å². The zero-order valence-electron chi connectivity index (χ0n) is 11.5. The van der Waals surface area contributed by atoms with Crippen molar-refractivity contribution in [2.75, 3.05) is 5.73 Å². The van der Waals surface area contributed by atoms with Gasteiger partial charge in [0.2, 0.25) is 0 Å². The average molecular weight is 283 g/mol. The Bertz CT molecular complexity index is 576. The van der Waals surface area contributed by atoms with Gasteiger partial charge in [0.25, 0.3) is 10.2 Å². The first-order valence-corrected chi connectivity index (χ1v) is 7.84. The van der Waals surface area contributed by atoms with E-state index in [0.29, 0.717) is 0 Å². The SMILES string of the molecule is CC(C)(C)NS(=O)(=O)NC1CCc2cc(N)ccc21. The molecule has 1 aromatic carbocycles. The third-order valence-electron chi connectivity index (χ3n) is 2.98. The van der Waals surface area contributed by atoms with Crippen LogP contribution in [0.25, 0.3) is 0 Å². The van der Waals surface area contributed by atoms with Crippen LogP contribution < -0.4 is 15.2 Å². The Morgan fingerprint density at radius 2 is 2.00 bits per heavy atom. The van der Waals surface area contributed by atoms with E-state index in [1.807, 2.05) is 39.0 Å². The summed E-state index contributed by atoms with van der Waals surface area (Å²) in [6, 6.07) is 5.46. The summed E-state index contributed by atoms with van der Waals surface area (Å²) >= 11 is 0. The molecule has 0 spiro atoms. The molecule has 0 saturated carbocycles. The van der Waals surface area contributed by atoms with Crippen molar-refractivity contribution in [1.29, 1.82) is 0 Å². The predicted octanol–water partition coefficient (Wildman–Crippen LogP) is 1.48. The van der Waals surface area contributed by atoms with Crippen LogP contribution in [0.5, 0.6) is 0 Å². The van der Waals surface area contributed by atoms with E-state index in [1.54, 1.807) is 0 Å². The quantitative estimate of drug-likeness (QED) is 0.735. The van der Waals surface area contributed by atoms with Crippen molar-refractivity contribution in [2.45, 2.75) is 45.2 Å². The monoisotopic (exact) mass is 283 g/mol. The molecule has 0 amide bonds. The molecule has 1 aromatic rings. The summed E-state index contributed by atoms with van der Waals surface area (Å²) in [7, 11) is -3.51. The predicted molar refractivity (Wildman–Crippen MR) is 76.9 cm³/mol. The van der Waals surface area contributed by atoms with E-state index >= 15 is 0 Å². The van der Waals surface area contributed by atoms with Gasteiger partial charge in [0.15, 0.2) is 0 Å². The molecule has 0 heterocycles. The molecular formula is C13H21N3O2S. The van der Waals surface area contributed by atoms with E-state index in [0.717, 1.165) is 29.7 Å². The Morgan fingerprint density at radius 3 is 2.63 bits per heavy atom. The third-order valence-corrected chi connectivity index (χ3v) is 4.46. The Hall–Kier alpha value is -1.11. The smallest absolute Gasteiger partial charge is 0.277 e. The number of nitrogens with one attached hydrogen (secondary N) is 2. The molecule has 6 heteroatoms. The largest absolute Gasteiger partial charge is 0.399 e. The summed E-state index contributed by atoms with van der Waals surface area (Å²) < 4.78 is 29.4. The lowest BCUT2D eigenvalue weighted by atomic mass is 10.1. The van der Waals surface area contributed by atoms with Crippen molar-refractivity contribution in [3.63, 3.8) is 0 Å². The highest BCUT2D eigenvalue weighted by Gasteiger charge is 2.28. The molecule has 2 rings (SSSR count). The Kier molecular flexibility index (Phi) is 3.59. The lowest BCUT2D eigenvalue weighted by Crippen LogP contribution is -2.47. The Labute approximate surface area is 114 Å². The van der Waals surface area contributed by atoms with Crippen molar-refractivity contribution in [2.24, 2.45) is 0 Å². The zero-order chi connectivity index (χ0) is 14.3. The maximum absolute atomic E-state index is 12.0. The van der Waals surface area contributed by atoms with Gasteiger partial charge in [-0.05, 0) is 56.9 Å². The van der Waals surface area contributed by atoms with Crippen LogP contribution in [-0.4, -0.2) is 14.0 Å². The van der Waals surface area contributed by atoms with Gasteiger partial charge in [-0.25, -0.2) is 0 Å². The molecule has 0 radical (unpaired) electrons. The number of rotatable bonds is 3. The lowest BCUT2D eigenvalue weighted by molar-refractivity contribution is 0.474. The standard InChI is InChI=1S/C13H21N3O2S/c1-13(2,3)16-19(17,18)15-12-7-4-9-8-10(14)5-6-11(9)12/h5-6,8,12,15-16H,4,7,14H2,1-3H3. The zero-order valence-corrected chi connectivity index (χ0v) is 12.3. The molecule has 0 aliphatic heterocycles. The van der Waals surface area contributed by atoms with Gasteiger partial charge in [-0.2, -0.15) is 17.9 Å². The molecule has 5 nitrogen and oxygen atoms in total. The van der Waals surface area contributed by atoms with Gasteiger partial charge in [-0.1, -0.05) is 6.07 Å². The molecule has 1 aliphatic rings. The first-order chi connectivity index (χ1) is 8.66. The maximum atomic E-state index is 12.0. The summed E-state index contributed by atoms with van der Waals surface area (Å²) in [6.07, 6.45) is 1.62. The van der Waals surface area contributed by atoms with Crippen molar-refractivity contribution >= 4 is 15.9 Å². The number of hydrogen-bond donors (Lipinski definition) is 3. The molecule has 0 saturated heterocycles. The topological polar surface area (TPSA) is 84.2 Å². The summed E-state index contributed by atoms with van der Waals surface area (Å²) in [6.45, 7) is 5.45. The van der Waals surface area contributed by atoms with Crippen LogP contribution >= 0.6 is 0 Å². The number of hydrogen-bond acceptors (Lipinski definition) is 3. The number of aryl methyl sites for hydroxylation is 1. The van der Waals surface area contributed by atoms with E-state index in [4.69, 9.17) is 5.73 Å². The number of fused-ring (bicyclic) bond motifs is 1. The second-order valence-electron chi connectivity index (χ2n) is 6.02. The van der Waals surface area contributed by atoms with Gasteiger partial charge in [0.05, 0.1) is 0 Å². The number of nitrogen functional groups attached to an aromatic ring is 1. The molecule has 106 valence electrons. The van der Waals surface area contributed by atoms with Gasteiger partial charge < -0.3 is 5.73 Å². The van der Waals surface area contributed by atoms with Crippen molar-refractivity contribution in [1.82, 2.24) is 9.44 Å². The fraction of sp³-hybridized carbons (Fsp3) is 0.538. The molecule has 1 unspecified atom stereocenters. The second kappa shape index (κ2) is 4.77. The highest BCUT2D eigenvalue weighted by Crippen LogP contribution is 2.32. The van der Waals surface area contributed by atoms with Crippen LogP contribution in [0.3, 0.4) is 0 Å². The van der Waals surface area contributed by atoms with E-state index in [-0.39, 0.29) is 6.04 Å². The highest BCUT2D eigenvalue weighted by atomic mass is 32.2. The summed E-state index contributed by atoms with van der Waals surface area (Å²) in [5.41, 5.74) is 8.11. The van der Waals surface area contributed by atoms with Crippen LogP contribution in [0.15, 0.2) is 18.2 Å². The first-order valence-electron chi connectivity index (χ1n) is 6.36. The molecule has 1 aliphatic carbocycles. The fourth-order valence-electron chi connectivity index (χ4n) is 2.38. The minimum atomic E-state index is -3.51.